The summed E-state index contributed by atoms with van der Waals surface area (Å²) in [5.74, 6) is -3.08. The maximum absolute atomic E-state index is 11.7. The molecule has 8 heteroatoms. The van der Waals surface area contributed by atoms with Gasteiger partial charge in [-0.3, -0.25) is 0 Å². The minimum absolute atomic E-state index is 0.273. The van der Waals surface area contributed by atoms with Gasteiger partial charge in [-0.15, -0.1) is 0 Å². The van der Waals surface area contributed by atoms with Crippen molar-refractivity contribution in [1.82, 2.24) is 0 Å². The van der Waals surface area contributed by atoms with Crippen molar-refractivity contribution in [2.75, 3.05) is 13.2 Å². The molecule has 0 N–H and O–H groups in total. The van der Waals surface area contributed by atoms with E-state index in [9.17, 15) is 19.2 Å². The third-order valence-corrected chi connectivity index (χ3v) is 4.09. The SMILES string of the molecule is CCCCCCOC(=O)C(C)OC(=O)/C=C/C(=O)OC(C)C(=O)OCCCCCC. The zero-order valence-electron chi connectivity index (χ0n) is 18.6. The standard InChI is InChI=1S/C22H36O8/c1-5-7-9-11-15-27-21(25)17(3)29-19(23)13-14-20(24)30-18(4)22(26)28-16-12-10-8-6-2/h13-14,17-18H,5-12,15-16H2,1-4H3/b14-13+. The van der Waals surface area contributed by atoms with Gasteiger partial charge in [0.25, 0.3) is 0 Å². The lowest BCUT2D eigenvalue weighted by atomic mass is 10.2. The Morgan fingerprint density at radius 3 is 1.33 bits per heavy atom. The van der Waals surface area contributed by atoms with Crippen LogP contribution in [0.2, 0.25) is 0 Å². The fourth-order valence-corrected chi connectivity index (χ4v) is 2.30. The van der Waals surface area contributed by atoms with Crippen molar-refractivity contribution < 1.29 is 38.1 Å². The van der Waals surface area contributed by atoms with Gasteiger partial charge in [-0.25, -0.2) is 19.2 Å². The minimum Gasteiger partial charge on any atom is -0.463 e. The van der Waals surface area contributed by atoms with Crippen molar-refractivity contribution >= 4 is 23.9 Å². The van der Waals surface area contributed by atoms with Crippen molar-refractivity contribution in [3.8, 4) is 0 Å². The van der Waals surface area contributed by atoms with E-state index in [-0.39, 0.29) is 13.2 Å². The third-order valence-electron chi connectivity index (χ3n) is 4.09. The topological polar surface area (TPSA) is 105 Å². The number of rotatable bonds is 16. The average molecular weight is 429 g/mol. The first-order valence-electron chi connectivity index (χ1n) is 10.7. The maximum atomic E-state index is 11.7. The lowest BCUT2D eigenvalue weighted by molar-refractivity contribution is -0.164. The normalized spacial score (nSPS) is 12.8. The summed E-state index contributed by atoms with van der Waals surface area (Å²) >= 11 is 0. The van der Waals surface area contributed by atoms with E-state index in [1.165, 1.54) is 13.8 Å². The molecule has 0 saturated heterocycles. The summed E-state index contributed by atoms with van der Waals surface area (Å²) in [6, 6.07) is 0. The van der Waals surface area contributed by atoms with Crippen LogP contribution in [0, 0.1) is 0 Å². The number of ether oxygens (including phenoxy) is 4. The van der Waals surface area contributed by atoms with Gasteiger partial charge in [0.15, 0.2) is 12.2 Å². The van der Waals surface area contributed by atoms with Gasteiger partial charge in [-0.05, 0) is 26.7 Å². The molecule has 30 heavy (non-hydrogen) atoms. The van der Waals surface area contributed by atoms with Crippen LogP contribution in [0.1, 0.15) is 79.1 Å². The molecule has 0 amide bonds. The van der Waals surface area contributed by atoms with Gasteiger partial charge in [0.1, 0.15) is 0 Å². The molecule has 8 nitrogen and oxygen atoms in total. The number of carbonyl (C=O) groups is 4. The highest BCUT2D eigenvalue weighted by Gasteiger charge is 2.20. The van der Waals surface area contributed by atoms with Crippen LogP contribution in [0.5, 0.6) is 0 Å². The van der Waals surface area contributed by atoms with Crippen LogP contribution in [-0.2, 0) is 38.1 Å². The predicted octanol–water partition coefficient (Wildman–Crippen LogP) is 3.65. The molecule has 0 aromatic carbocycles. The molecule has 0 aromatic heterocycles. The molecule has 0 spiro atoms. The Morgan fingerprint density at radius 2 is 1.00 bits per heavy atom. The Balaban J connectivity index is 4.14. The number of hydrogen-bond donors (Lipinski definition) is 0. The van der Waals surface area contributed by atoms with E-state index < -0.39 is 36.1 Å². The van der Waals surface area contributed by atoms with Crippen LogP contribution in [-0.4, -0.2) is 49.3 Å². The molecule has 0 aliphatic carbocycles. The summed E-state index contributed by atoms with van der Waals surface area (Å²) in [6.07, 6.45) is 7.21. The van der Waals surface area contributed by atoms with Gasteiger partial charge < -0.3 is 18.9 Å². The van der Waals surface area contributed by atoms with E-state index in [0.29, 0.717) is 0 Å². The Bertz CT molecular complexity index is 507. The smallest absolute Gasteiger partial charge is 0.347 e. The highest BCUT2D eigenvalue weighted by atomic mass is 16.6. The van der Waals surface area contributed by atoms with Gasteiger partial charge in [-0.1, -0.05) is 52.4 Å². The fourth-order valence-electron chi connectivity index (χ4n) is 2.30. The highest BCUT2D eigenvalue weighted by Crippen LogP contribution is 2.03. The molecule has 0 fully saturated rings. The van der Waals surface area contributed by atoms with Crippen LogP contribution in [0.3, 0.4) is 0 Å². The summed E-state index contributed by atoms with van der Waals surface area (Å²) in [5, 5.41) is 0. The molecule has 0 aromatic rings. The van der Waals surface area contributed by atoms with Gasteiger partial charge >= 0.3 is 23.9 Å². The van der Waals surface area contributed by atoms with Crippen LogP contribution < -0.4 is 0 Å². The predicted molar refractivity (Wildman–Crippen MR) is 110 cm³/mol. The van der Waals surface area contributed by atoms with Gasteiger partial charge in [0.05, 0.1) is 13.2 Å². The Morgan fingerprint density at radius 1 is 0.633 bits per heavy atom. The van der Waals surface area contributed by atoms with Crippen molar-refractivity contribution in [1.29, 1.82) is 0 Å². The maximum Gasteiger partial charge on any atom is 0.347 e. The molecule has 172 valence electrons. The largest absolute Gasteiger partial charge is 0.463 e. The van der Waals surface area contributed by atoms with E-state index in [4.69, 9.17) is 18.9 Å². The summed E-state index contributed by atoms with van der Waals surface area (Å²) in [4.78, 5) is 46.9. The molecular formula is C22H36O8. The van der Waals surface area contributed by atoms with Crippen molar-refractivity contribution in [3.63, 3.8) is 0 Å². The number of carbonyl (C=O) groups excluding carboxylic acids is 4. The summed E-state index contributed by atoms with van der Waals surface area (Å²) in [7, 11) is 0. The lowest BCUT2D eigenvalue weighted by Crippen LogP contribution is -2.27. The van der Waals surface area contributed by atoms with Gasteiger partial charge in [0, 0.05) is 12.2 Å². The Kier molecular flexibility index (Phi) is 16.1. The molecule has 0 heterocycles. The first kappa shape index (κ1) is 27.6. The van der Waals surface area contributed by atoms with E-state index in [2.05, 4.69) is 13.8 Å². The van der Waals surface area contributed by atoms with Crippen LogP contribution in [0.25, 0.3) is 0 Å². The van der Waals surface area contributed by atoms with Crippen molar-refractivity contribution in [3.05, 3.63) is 12.2 Å². The Hall–Kier alpha value is -2.38. The first-order chi connectivity index (χ1) is 14.3. The van der Waals surface area contributed by atoms with E-state index in [1.807, 2.05) is 0 Å². The minimum atomic E-state index is -1.09. The molecule has 0 aliphatic heterocycles. The Labute approximate surface area is 179 Å². The second-order valence-corrected chi connectivity index (χ2v) is 6.95. The molecule has 0 rings (SSSR count). The fraction of sp³-hybridized carbons (Fsp3) is 0.727. The zero-order chi connectivity index (χ0) is 22.8. The number of esters is 4. The van der Waals surface area contributed by atoms with E-state index in [0.717, 1.165) is 63.5 Å². The van der Waals surface area contributed by atoms with Crippen LogP contribution in [0.15, 0.2) is 12.2 Å². The van der Waals surface area contributed by atoms with E-state index in [1.54, 1.807) is 0 Å². The molecule has 0 bridgehead atoms. The van der Waals surface area contributed by atoms with Crippen molar-refractivity contribution in [2.45, 2.75) is 91.3 Å². The van der Waals surface area contributed by atoms with E-state index >= 15 is 0 Å². The molecular weight excluding hydrogens is 392 g/mol. The average Bonchev–Trinajstić information content (AvgIpc) is 2.71. The summed E-state index contributed by atoms with van der Waals surface area (Å²) in [5.41, 5.74) is 0. The van der Waals surface area contributed by atoms with Crippen molar-refractivity contribution in [2.24, 2.45) is 0 Å². The summed E-state index contributed by atoms with van der Waals surface area (Å²) < 4.78 is 19.8. The highest BCUT2D eigenvalue weighted by molar-refractivity contribution is 5.93. The number of hydrogen-bond acceptors (Lipinski definition) is 8. The molecule has 2 atom stereocenters. The zero-order valence-corrected chi connectivity index (χ0v) is 18.6. The molecule has 0 aliphatic rings. The quantitative estimate of drug-likeness (QED) is 0.159. The molecule has 2 unspecified atom stereocenters. The lowest BCUT2D eigenvalue weighted by Gasteiger charge is -2.12. The second-order valence-electron chi connectivity index (χ2n) is 6.95. The molecule has 0 saturated carbocycles. The third kappa shape index (κ3) is 14.6. The van der Waals surface area contributed by atoms with Gasteiger partial charge in [-0.2, -0.15) is 0 Å². The molecule has 0 radical (unpaired) electrons. The first-order valence-corrected chi connectivity index (χ1v) is 10.7. The summed E-state index contributed by atoms with van der Waals surface area (Å²) in [6.45, 7) is 7.48. The second kappa shape index (κ2) is 17.5. The number of unbranched alkanes of at least 4 members (excludes halogenated alkanes) is 6. The monoisotopic (exact) mass is 428 g/mol. The van der Waals surface area contributed by atoms with Gasteiger partial charge in [0.2, 0.25) is 0 Å². The van der Waals surface area contributed by atoms with Crippen LogP contribution >= 0.6 is 0 Å². The van der Waals surface area contributed by atoms with Crippen LogP contribution in [0.4, 0.5) is 0 Å².